The van der Waals surface area contributed by atoms with Gasteiger partial charge in [-0.25, -0.2) is 32.9 Å². The van der Waals surface area contributed by atoms with Crippen molar-refractivity contribution in [3.8, 4) is 0 Å². The first-order valence-corrected chi connectivity index (χ1v) is 16.3. The molecule has 2 fully saturated rings. The highest BCUT2D eigenvalue weighted by Gasteiger charge is 2.42. The summed E-state index contributed by atoms with van der Waals surface area (Å²) in [5, 5.41) is 20.4. The van der Waals surface area contributed by atoms with E-state index in [2.05, 4.69) is 14.2 Å². The van der Waals surface area contributed by atoms with E-state index in [4.69, 9.17) is 23.7 Å². The lowest BCUT2D eigenvalue weighted by molar-refractivity contribution is -0.178. The van der Waals surface area contributed by atoms with Crippen LogP contribution in [0, 0.1) is 17.8 Å². The number of aliphatic hydroxyl groups is 2. The summed E-state index contributed by atoms with van der Waals surface area (Å²) in [7, 11) is 2.94. The minimum Gasteiger partial charge on any atom is -0.469 e. The number of aromatic nitrogens is 3. The molecular formula is C31H43N3O19. The van der Waals surface area contributed by atoms with Crippen LogP contribution in [-0.2, 0) is 86.3 Å². The average molecular weight is 762 g/mol. The fourth-order valence-electron chi connectivity index (χ4n) is 4.96. The largest absolute Gasteiger partial charge is 0.469 e. The number of carbonyl (C=O) groups is 6. The van der Waals surface area contributed by atoms with Gasteiger partial charge in [-0.2, -0.15) is 0 Å². The molecule has 2 saturated heterocycles. The molecular weight excluding hydrogens is 718 g/mol. The van der Waals surface area contributed by atoms with E-state index in [0.717, 1.165) is 30.5 Å². The maximum Gasteiger partial charge on any atom is 0.348 e. The van der Waals surface area contributed by atoms with Crippen molar-refractivity contribution < 1.29 is 76.9 Å². The van der Waals surface area contributed by atoms with Crippen LogP contribution in [0.4, 0.5) is 0 Å². The minimum absolute atomic E-state index is 0.166. The Morgan fingerprint density at radius 1 is 0.679 bits per heavy atom. The molecule has 0 aromatic carbocycles. The first-order valence-electron chi connectivity index (χ1n) is 16.3. The predicted molar refractivity (Wildman–Crippen MR) is 170 cm³/mol. The Balaban J connectivity index is 1.86. The number of aliphatic hydroxyl groups excluding tert-OH is 2. The van der Waals surface area contributed by atoms with Gasteiger partial charge < -0.3 is 48.1 Å². The second-order valence-corrected chi connectivity index (χ2v) is 12.3. The second kappa shape index (κ2) is 19.2. The van der Waals surface area contributed by atoms with Crippen molar-refractivity contribution in [3.05, 3.63) is 31.5 Å². The van der Waals surface area contributed by atoms with Crippen molar-refractivity contribution in [1.82, 2.24) is 13.7 Å². The van der Waals surface area contributed by atoms with Gasteiger partial charge in [-0.3, -0.25) is 24.0 Å². The van der Waals surface area contributed by atoms with Gasteiger partial charge in [0.25, 0.3) is 0 Å². The molecule has 1 aromatic heterocycles. The lowest BCUT2D eigenvalue weighted by Crippen LogP contribution is -2.56. The van der Waals surface area contributed by atoms with Gasteiger partial charge in [-0.1, -0.05) is 0 Å². The summed E-state index contributed by atoms with van der Waals surface area (Å²) in [6.07, 6.45) is -7.65. The van der Waals surface area contributed by atoms with Crippen LogP contribution < -0.4 is 17.1 Å². The van der Waals surface area contributed by atoms with Crippen LogP contribution in [0.2, 0.25) is 0 Å². The molecule has 0 amide bonds. The van der Waals surface area contributed by atoms with Crippen LogP contribution in [0.15, 0.2) is 14.4 Å². The monoisotopic (exact) mass is 761 g/mol. The number of nitrogens with zero attached hydrogens (tertiary/aromatic N) is 3. The van der Waals surface area contributed by atoms with Crippen LogP contribution >= 0.6 is 0 Å². The summed E-state index contributed by atoms with van der Waals surface area (Å²) in [5.74, 6) is -12.3. The number of ether oxygens (including phenoxy) is 8. The molecule has 22 nitrogen and oxygen atoms in total. The fourth-order valence-corrected chi connectivity index (χ4v) is 4.96. The van der Waals surface area contributed by atoms with Crippen molar-refractivity contribution in [3.63, 3.8) is 0 Å². The zero-order chi connectivity index (χ0) is 39.6. The number of methoxy groups -OCH3 is 3. The summed E-state index contributed by atoms with van der Waals surface area (Å²) < 4.78 is 41.5. The summed E-state index contributed by atoms with van der Waals surface area (Å²) in [6, 6.07) is 0. The van der Waals surface area contributed by atoms with E-state index in [-0.39, 0.29) is 26.3 Å². The highest BCUT2D eigenvalue weighted by molar-refractivity contribution is 5.90. The molecule has 53 heavy (non-hydrogen) atoms. The lowest BCUT2D eigenvalue weighted by Gasteiger charge is -2.25. The summed E-state index contributed by atoms with van der Waals surface area (Å²) in [6.45, 7) is 0.377. The van der Waals surface area contributed by atoms with Crippen LogP contribution in [0.25, 0.3) is 0 Å². The Morgan fingerprint density at radius 3 is 1.57 bits per heavy atom. The smallest absolute Gasteiger partial charge is 0.348 e. The lowest BCUT2D eigenvalue weighted by atomic mass is 9.86. The van der Waals surface area contributed by atoms with Gasteiger partial charge in [0.15, 0.2) is 0 Å². The molecule has 0 aliphatic carbocycles. The summed E-state index contributed by atoms with van der Waals surface area (Å²) in [5.41, 5.74) is -3.04. The van der Waals surface area contributed by atoms with Gasteiger partial charge in [0, 0.05) is 0 Å². The maximum atomic E-state index is 13.5. The molecule has 2 N–H and O–H groups in total. The molecule has 3 heterocycles. The van der Waals surface area contributed by atoms with Gasteiger partial charge in [-0.15, -0.1) is 0 Å². The third-order valence-electron chi connectivity index (χ3n) is 8.05. The Bertz CT molecular complexity index is 1640. The van der Waals surface area contributed by atoms with Crippen molar-refractivity contribution in [1.29, 1.82) is 0 Å². The Kier molecular flexibility index (Phi) is 15.4. The molecule has 8 atom stereocenters. The molecule has 2 aliphatic rings. The van der Waals surface area contributed by atoms with Crippen molar-refractivity contribution in [2.45, 2.75) is 76.8 Å². The topological polar surface area (TPSA) is 289 Å². The highest BCUT2D eigenvalue weighted by Crippen LogP contribution is 2.26. The summed E-state index contributed by atoms with van der Waals surface area (Å²) in [4.78, 5) is 116. The van der Waals surface area contributed by atoms with E-state index in [0.29, 0.717) is 4.57 Å². The fraction of sp³-hybridized carbons (Fsp3) is 0.710. The molecule has 0 radical (unpaired) electrons. The maximum absolute atomic E-state index is 13.5. The van der Waals surface area contributed by atoms with Crippen molar-refractivity contribution in [2.24, 2.45) is 17.8 Å². The van der Waals surface area contributed by atoms with Crippen molar-refractivity contribution >= 4 is 35.8 Å². The van der Waals surface area contributed by atoms with Gasteiger partial charge in [-0.05, 0) is 13.8 Å². The number of epoxide rings is 2. The van der Waals surface area contributed by atoms with Gasteiger partial charge in [0.1, 0.15) is 25.2 Å². The van der Waals surface area contributed by atoms with Crippen LogP contribution in [0.5, 0.6) is 0 Å². The van der Waals surface area contributed by atoms with Gasteiger partial charge in [0.2, 0.25) is 6.10 Å². The number of esters is 6. The molecule has 3 rings (SSSR count). The van der Waals surface area contributed by atoms with E-state index in [1.807, 2.05) is 0 Å². The molecule has 296 valence electrons. The molecule has 0 saturated carbocycles. The third kappa shape index (κ3) is 12.1. The number of rotatable bonds is 21. The first kappa shape index (κ1) is 42.5. The van der Waals surface area contributed by atoms with E-state index >= 15 is 0 Å². The number of hydrogen-bond donors (Lipinski definition) is 2. The van der Waals surface area contributed by atoms with Gasteiger partial charge in [0.05, 0.1) is 97.2 Å². The molecule has 0 bridgehead atoms. The van der Waals surface area contributed by atoms with E-state index in [9.17, 15) is 53.4 Å². The molecule has 2 aliphatic heterocycles. The molecule has 8 unspecified atom stereocenters. The van der Waals surface area contributed by atoms with Crippen molar-refractivity contribution in [2.75, 3.05) is 47.8 Å². The minimum atomic E-state index is -1.90. The summed E-state index contributed by atoms with van der Waals surface area (Å²) >= 11 is 0. The van der Waals surface area contributed by atoms with E-state index in [1.165, 1.54) is 13.8 Å². The Hall–Kier alpha value is -4.93. The SMILES string of the molecule is COC(=O)CC(C(=O)OCC(O)Cn1c(=O)n(CC2CO2)c(=O)n(CC2CO2)c1=O)C(CC(=O)OC(C(=O)OC)C(C)C(=O)OC)C(=O)OCC(C)O. The molecule has 1 aromatic rings. The Morgan fingerprint density at radius 2 is 1.13 bits per heavy atom. The van der Waals surface area contributed by atoms with Gasteiger partial charge >= 0.3 is 52.9 Å². The predicted octanol–water partition coefficient (Wildman–Crippen LogP) is -4.12. The van der Waals surface area contributed by atoms with Crippen LogP contribution in [0.1, 0.15) is 26.7 Å². The zero-order valence-electron chi connectivity index (χ0n) is 29.7. The molecule has 0 spiro atoms. The van der Waals surface area contributed by atoms with Crippen LogP contribution in [0.3, 0.4) is 0 Å². The first-order chi connectivity index (χ1) is 25.0. The normalized spacial score (nSPS) is 19.3. The van der Waals surface area contributed by atoms with Crippen LogP contribution in [-0.4, -0.2) is 138 Å². The second-order valence-electron chi connectivity index (χ2n) is 12.3. The Labute approximate surface area is 300 Å². The highest BCUT2D eigenvalue weighted by atomic mass is 16.6. The van der Waals surface area contributed by atoms with E-state index < -0.39 is 134 Å². The molecule has 22 heteroatoms. The zero-order valence-corrected chi connectivity index (χ0v) is 29.7. The average Bonchev–Trinajstić information content (AvgIpc) is 4.08. The van der Waals surface area contributed by atoms with E-state index in [1.54, 1.807) is 0 Å². The standard InChI is InChI=1S/C31H43N3O19/c1-15(35)11-51-26(40)21(7-23(38)53-24(28(42)48-5)16(2)25(39)47-4)20(6-22(37)46-3)27(41)52-12-17(36)8-32-29(43)33(9-18-13-49-18)31(45)34(30(32)44)10-19-14-50-19/h15-21,24,35-36H,6-14H2,1-5H3. The third-order valence-corrected chi connectivity index (χ3v) is 8.05. The number of hydrogen-bond acceptors (Lipinski definition) is 19. The number of carbonyl (C=O) groups excluding carboxylic acids is 6. The quantitative estimate of drug-likeness (QED) is 0.0683.